The lowest BCUT2D eigenvalue weighted by Gasteiger charge is -2.21. The van der Waals surface area contributed by atoms with Gasteiger partial charge in [0.1, 0.15) is 5.82 Å². The third kappa shape index (κ3) is 6.12. The quantitative estimate of drug-likeness (QED) is 0.299. The molecule has 0 radical (unpaired) electrons. The number of aliphatic imine (C=N–C) groups is 1. The average Bonchev–Trinajstić information content (AvgIpc) is 3.04. The molecule has 0 fully saturated rings. The number of nitrogens with one attached hydrogen (secondary N) is 2. The lowest BCUT2D eigenvalue weighted by Crippen LogP contribution is -2.39. The number of aromatic nitrogens is 2. The summed E-state index contributed by atoms with van der Waals surface area (Å²) in [5.74, 6) is 1.75. The van der Waals surface area contributed by atoms with Crippen molar-refractivity contribution >= 4 is 29.9 Å². The molecule has 0 amide bonds. The third-order valence-corrected chi connectivity index (χ3v) is 3.48. The lowest BCUT2D eigenvalue weighted by atomic mass is 10.2. The van der Waals surface area contributed by atoms with E-state index in [2.05, 4.69) is 32.4 Å². The van der Waals surface area contributed by atoms with Crippen LogP contribution in [0.15, 0.2) is 41.5 Å². The van der Waals surface area contributed by atoms with Crippen molar-refractivity contribution < 1.29 is 4.74 Å². The van der Waals surface area contributed by atoms with E-state index in [1.54, 1.807) is 14.2 Å². The molecule has 0 atom stereocenters. The van der Waals surface area contributed by atoms with Crippen LogP contribution in [0.2, 0.25) is 0 Å². The SMILES string of the molecule is CN=C(NCCCOC)N(C)Cc1ncc(-c2ccccc2)[nH]1.I. The Labute approximate surface area is 160 Å². The van der Waals surface area contributed by atoms with E-state index in [9.17, 15) is 0 Å². The molecule has 2 aromatic rings. The number of rotatable bonds is 7. The average molecular weight is 443 g/mol. The van der Waals surface area contributed by atoms with E-state index in [1.807, 2.05) is 36.3 Å². The fraction of sp³-hybridized carbons (Fsp3) is 0.412. The highest BCUT2D eigenvalue weighted by Gasteiger charge is 2.09. The minimum Gasteiger partial charge on any atom is -0.385 e. The highest BCUT2D eigenvalue weighted by molar-refractivity contribution is 14.0. The molecule has 1 aromatic heterocycles. The van der Waals surface area contributed by atoms with Crippen LogP contribution < -0.4 is 5.32 Å². The third-order valence-electron chi connectivity index (χ3n) is 3.48. The normalized spacial score (nSPS) is 11.0. The summed E-state index contributed by atoms with van der Waals surface area (Å²) in [5, 5.41) is 3.32. The van der Waals surface area contributed by atoms with Gasteiger partial charge in [0.05, 0.1) is 18.4 Å². The van der Waals surface area contributed by atoms with Crippen LogP contribution in [0.4, 0.5) is 0 Å². The van der Waals surface area contributed by atoms with Crippen LogP contribution in [0.1, 0.15) is 12.2 Å². The molecule has 0 unspecified atom stereocenters. The molecule has 7 heteroatoms. The first kappa shape index (κ1) is 20.4. The van der Waals surface area contributed by atoms with Crippen molar-refractivity contribution in [1.29, 1.82) is 0 Å². The molecule has 132 valence electrons. The van der Waals surface area contributed by atoms with Gasteiger partial charge in [0.25, 0.3) is 0 Å². The smallest absolute Gasteiger partial charge is 0.193 e. The highest BCUT2D eigenvalue weighted by atomic mass is 127. The molecule has 1 aromatic carbocycles. The van der Waals surface area contributed by atoms with Crippen LogP contribution in [0, 0.1) is 0 Å². The monoisotopic (exact) mass is 443 g/mol. The zero-order chi connectivity index (χ0) is 16.5. The number of hydrogen-bond donors (Lipinski definition) is 2. The van der Waals surface area contributed by atoms with E-state index >= 15 is 0 Å². The molecule has 6 nitrogen and oxygen atoms in total. The Bertz CT molecular complexity index is 614. The number of imidazole rings is 1. The molecule has 2 N–H and O–H groups in total. The zero-order valence-corrected chi connectivity index (χ0v) is 16.8. The summed E-state index contributed by atoms with van der Waals surface area (Å²) in [6.45, 7) is 2.24. The molecule has 0 saturated heterocycles. The van der Waals surface area contributed by atoms with Gasteiger partial charge in [-0.1, -0.05) is 30.3 Å². The Morgan fingerprint density at radius 3 is 2.75 bits per heavy atom. The molecule has 1 heterocycles. The van der Waals surface area contributed by atoms with E-state index in [1.165, 1.54) is 0 Å². The van der Waals surface area contributed by atoms with Crippen LogP contribution in [-0.2, 0) is 11.3 Å². The Morgan fingerprint density at radius 1 is 1.33 bits per heavy atom. The van der Waals surface area contributed by atoms with E-state index < -0.39 is 0 Å². The van der Waals surface area contributed by atoms with Crippen molar-refractivity contribution in [2.24, 2.45) is 4.99 Å². The van der Waals surface area contributed by atoms with E-state index in [0.29, 0.717) is 6.54 Å². The van der Waals surface area contributed by atoms with Crippen LogP contribution in [0.5, 0.6) is 0 Å². The topological polar surface area (TPSA) is 65.5 Å². The number of aromatic amines is 1. The van der Waals surface area contributed by atoms with Gasteiger partial charge in [-0.15, -0.1) is 24.0 Å². The van der Waals surface area contributed by atoms with Gasteiger partial charge < -0.3 is 19.9 Å². The number of guanidine groups is 1. The summed E-state index contributed by atoms with van der Waals surface area (Å²) in [4.78, 5) is 14.2. The van der Waals surface area contributed by atoms with Crippen molar-refractivity contribution in [2.75, 3.05) is 34.4 Å². The molecule has 0 aliphatic carbocycles. The number of nitrogens with zero attached hydrogens (tertiary/aromatic N) is 3. The zero-order valence-electron chi connectivity index (χ0n) is 14.5. The first-order chi connectivity index (χ1) is 11.2. The minimum atomic E-state index is 0. The van der Waals surface area contributed by atoms with Gasteiger partial charge in [0.2, 0.25) is 0 Å². The van der Waals surface area contributed by atoms with Crippen molar-refractivity contribution in [3.63, 3.8) is 0 Å². The van der Waals surface area contributed by atoms with E-state index in [0.717, 1.165) is 42.6 Å². The van der Waals surface area contributed by atoms with Gasteiger partial charge in [-0.3, -0.25) is 4.99 Å². The second-order valence-corrected chi connectivity index (χ2v) is 5.29. The summed E-state index contributed by atoms with van der Waals surface area (Å²) >= 11 is 0. The Kier molecular flexibility index (Phi) is 9.39. The number of methoxy groups -OCH3 is 1. The second-order valence-electron chi connectivity index (χ2n) is 5.29. The predicted molar refractivity (Wildman–Crippen MR) is 109 cm³/mol. The summed E-state index contributed by atoms with van der Waals surface area (Å²) in [6.07, 6.45) is 2.82. The number of halogens is 1. The second kappa shape index (κ2) is 11.0. The molecule has 0 bridgehead atoms. The van der Waals surface area contributed by atoms with Crippen LogP contribution in [0.25, 0.3) is 11.3 Å². The van der Waals surface area contributed by atoms with E-state index in [-0.39, 0.29) is 24.0 Å². The molecule has 2 rings (SSSR count). The van der Waals surface area contributed by atoms with Gasteiger partial charge >= 0.3 is 0 Å². The van der Waals surface area contributed by atoms with Crippen LogP contribution >= 0.6 is 24.0 Å². The Morgan fingerprint density at radius 2 is 2.08 bits per heavy atom. The van der Waals surface area contributed by atoms with Gasteiger partial charge in [0, 0.05) is 34.4 Å². The molecule has 24 heavy (non-hydrogen) atoms. The fourth-order valence-electron chi connectivity index (χ4n) is 2.31. The lowest BCUT2D eigenvalue weighted by molar-refractivity contribution is 0.195. The highest BCUT2D eigenvalue weighted by Crippen LogP contribution is 2.16. The minimum absolute atomic E-state index is 0. The van der Waals surface area contributed by atoms with Crippen LogP contribution in [-0.4, -0.2) is 55.2 Å². The van der Waals surface area contributed by atoms with Gasteiger partial charge in [-0.2, -0.15) is 0 Å². The maximum absolute atomic E-state index is 5.05. The first-order valence-electron chi connectivity index (χ1n) is 7.74. The number of benzene rings is 1. The number of ether oxygens (including phenoxy) is 1. The molecular formula is C17H26IN5O. The van der Waals surface area contributed by atoms with Crippen molar-refractivity contribution in [3.8, 4) is 11.3 Å². The Hall–Kier alpha value is -1.61. The molecule has 0 spiro atoms. The first-order valence-corrected chi connectivity index (χ1v) is 7.74. The summed E-state index contributed by atoms with van der Waals surface area (Å²) in [7, 11) is 5.49. The largest absolute Gasteiger partial charge is 0.385 e. The standard InChI is InChI=1S/C17H25N5O.HI/c1-18-17(19-10-7-11-23-3)22(2)13-16-20-12-15(21-16)14-8-5-4-6-9-14;/h4-6,8-9,12H,7,10-11,13H2,1-3H3,(H,18,19)(H,20,21);1H. The van der Waals surface area contributed by atoms with Crippen molar-refractivity contribution in [2.45, 2.75) is 13.0 Å². The summed E-state index contributed by atoms with van der Waals surface area (Å²) < 4.78 is 5.05. The molecular weight excluding hydrogens is 417 g/mol. The molecule has 0 aliphatic rings. The number of H-pyrrole nitrogens is 1. The van der Waals surface area contributed by atoms with Crippen molar-refractivity contribution in [1.82, 2.24) is 20.2 Å². The maximum atomic E-state index is 5.05. The molecule has 0 aliphatic heterocycles. The van der Waals surface area contributed by atoms with Crippen molar-refractivity contribution in [3.05, 3.63) is 42.4 Å². The van der Waals surface area contributed by atoms with E-state index in [4.69, 9.17) is 4.74 Å². The fourth-order valence-corrected chi connectivity index (χ4v) is 2.31. The Balaban J connectivity index is 0.00000288. The van der Waals surface area contributed by atoms with Crippen LogP contribution in [0.3, 0.4) is 0 Å². The van der Waals surface area contributed by atoms with Gasteiger partial charge in [-0.25, -0.2) is 4.98 Å². The van der Waals surface area contributed by atoms with Gasteiger partial charge in [-0.05, 0) is 12.0 Å². The van der Waals surface area contributed by atoms with Gasteiger partial charge in [0.15, 0.2) is 5.96 Å². The maximum Gasteiger partial charge on any atom is 0.193 e. The summed E-state index contributed by atoms with van der Waals surface area (Å²) in [5.41, 5.74) is 2.16. The summed E-state index contributed by atoms with van der Waals surface area (Å²) in [6, 6.07) is 10.2. The predicted octanol–water partition coefficient (Wildman–Crippen LogP) is 2.74. The number of hydrogen-bond acceptors (Lipinski definition) is 3. The molecule has 0 saturated carbocycles.